The lowest BCUT2D eigenvalue weighted by Crippen LogP contribution is -2.43. The molecule has 1 aromatic carbocycles. The molecule has 0 aromatic heterocycles. The Bertz CT molecular complexity index is 449. The van der Waals surface area contributed by atoms with Crippen LogP contribution in [-0.4, -0.2) is 16.6 Å². The van der Waals surface area contributed by atoms with Crippen molar-refractivity contribution in [2.24, 2.45) is 0 Å². The number of anilines is 1. The van der Waals surface area contributed by atoms with Gasteiger partial charge in [-0.15, -0.1) is 0 Å². The lowest BCUT2D eigenvalue weighted by Gasteiger charge is -2.23. The third kappa shape index (κ3) is 3.68. The van der Waals surface area contributed by atoms with Crippen LogP contribution in [0.1, 0.15) is 32.4 Å². The molecule has 1 unspecified atom stereocenters. The highest BCUT2D eigenvalue weighted by Crippen LogP contribution is 2.27. The van der Waals surface area contributed by atoms with E-state index < -0.39 is 23.4 Å². The summed E-state index contributed by atoms with van der Waals surface area (Å²) in [6.07, 6.45) is -1.43. The normalized spacial score (nSPS) is 13.2. The van der Waals surface area contributed by atoms with Gasteiger partial charge in [0.25, 0.3) is 5.91 Å². The van der Waals surface area contributed by atoms with Crippen molar-refractivity contribution in [3.63, 3.8) is 0 Å². The highest BCUT2D eigenvalue weighted by molar-refractivity contribution is 9.10. The second kappa shape index (κ2) is 5.24. The van der Waals surface area contributed by atoms with Crippen LogP contribution in [0.3, 0.4) is 0 Å². The van der Waals surface area contributed by atoms with Gasteiger partial charge in [-0.3, -0.25) is 4.79 Å². The van der Waals surface area contributed by atoms with Crippen LogP contribution in [0.15, 0.2) is 16.6 Å². The van der Waals surface area contributed by atoms with Crippen LogP contribution in [0, 0.1) is 5.82 Å². The molecule has 4 N–H and O–H groups in total. The van der Waals surface area contributed by atoms with Crippen molar-refractivity contribution < 1.29 is 14.3 Å². The number of aliphatic hydroxyl groups excluding tert-OH is 1. The minimum atomic E-state index is -1.43. The van der Waals surface area contributed by atoms with E-state index in [0.29, 0.717) is 4.47 Å². The number of halogens is 2. The summed E-state index contributed by atoms with van der Waals surface area (Å²) in [5, 5.41) is 12.5. The zero-order chi connectivity index (χ0) is 14.1. The van der Waals surface area contributed by atoms with Crippen LogP contribution in [-0.2, 0) is 4.79 Å². The van der Waals surface area contributed by atoms with Crippen molar-refractivity contribution in [1.82, 2.24) is 5.32 Å². The zero-order valence-electron chi connectivity index (χ0n) is 10.4. The molecule has 0 aliphatic rings. The SMILES string of the molecule is CC(C)(C)NC(=O)C(O)c1cc(F)c(N)c(Br)c1. The summed E-state index contributed by atoms with van der Waals surface area (Å²) in [6, 6.07) is 2.47. The Morgan fingerprint density at radius 3 is 2.50 bits per heavy atom. The molecule has 0 heterocycles. The van der Waals surface area contributed by atoms with Gasteiger partial charge in [0.1, 0.15) is 5.82 Å². The fourth-order valence-corrected chi connectivity index (χ4v) is 1.80. The number of rotatable bonds is 2. The van der Waals surface area contributed by atoms with Gasteiger partial charge < -0.3 is 16.2 Å². The molecule has 1 rings (SSSR count). The minimum absolute atomic E-state index is 0.0535. The van der Waals surface area contributed by atoms with E-state index in [9.17, 15) is 14.3 Å². The molecule has 0 aliphatic carbocycles. The van der Waals surface area contributed by atoms with Crippen molar-refractivity contribution in [2.45, 2.75) is 32.4 Å². The van der Waals surface area contributed by atoms with Crippen molar-refractivity contribution in [1.29, 1.82) is 0 Å². The topological polar surface area (TPSA) is 75.3 Å². The number of aliphatic hydroxyl groups is 1. The Labute approximate surface area is 113 Å². The van der Waals surface area contributed by atoms with Crippen molar-refractivity contribution in [3.8, 4) is 0 Å². The van der Waals surface area contributed by atoms with Gasteiger partial charge in [0.05, 0.1) is 5.69 Å². The highest BCUT2D eigenvalue weighted by atomic mass is 79.9. The fourth-order valence-electron chi connectivity index (χ4n) is 1.35. The van der Waals surface area contributed by atoms with Crippen LogP contribution in [0.25, 0.3) is 0 Å². The molecule has 0 saturated carbocycles. The number of carbonyl (C=O) groups is 1. The first-order valence-electron chi connectivity index (χ1n) is 5.36. The van der Waals surface area contributed by atoms with E-state index in [4.69, 9.17) is 5.73 Å². The summed E-state index contributed by atoms with van der Waals surface area (Å²) in [4.78, 5) is 11.7. The maximum Gasteiger partial charge on any atom is 0.253 e. The molecule has 0 fully saturated rings. The van der Waals surface area contributed by atoms with Gasteiger partial charge in [-0.25, -0.2) is 4.39 Å². The van der Waals surface area contributed by atoms with E-state index in [1.54, 1.807) is 20.8 Å². The number of nitrogens with two attached hydrogens (primary N) is 1. The van der Waals surface area contributed by atoms with Crippen LogP contribution in [0.2, 0.25) is 0 Å². The Hall–Kier alpha value is -1.14. The largest absolute Gasteiger partial charge is 0.395 e. The number of hydrogen-bond donors (Lipinski definition) is 3. The van der Waals surface area contributed by atoms with Gasteiger partial charge in [-0.1, -0.05) is 0 Å². The summed E-state index contributed by atoms with van der Waals surface area (Å²) in [5.74, 6) is -1.26. The van der Waals surface area contributed by atoms with Crippen LogP contribution in [0.4, 0.5) is 10.1 Å². The zero-order valence-corrected chi connectivity index (χ0v) is 12.0. The molecular formula is C12H16BrFN2O2. The van der Waals surface area contributed by atoms with Crippen LogP contribution >= 0.6 is 15.9 Å². The second-order valence-corrected chi connectivity index (χ2v) is 5.89. The third-order valence-electron chi connectivity index (χ3n) is 2.16. The maximum atomic E-state index is 13.4. The van der Waals surface area contributed by atoms with Crippen LogP contribution in [0.5, 0.6) is 0 Å². The standard InChI is InChI=1S/C12H16BrFN2O2/c1-12(2,3)16-11(18)10(17)6-4-7(13)9(15)8(14)5-6/h4-5,10,17H,15H2,1-3H3,(H,16,18). The second-order valence-electron chi connectivity index (χ2n) is 5.04. The van der Waals surface area contributed by atoms with E-state index >= 15 is 0 Å². The summed E-state index contributed by atoms with van der Waals surface area (Å²) in [6.45, 7) is 5.37. The lowest BCUT2D eigenvalue weighted by molar-refractivity contribution is -0.131. The first-order chi connectivity index (χ1) is 8.11. The lowest BCUT2D eigenvalue weighted by atomic mass is 10.0. The van der Waals surface area contributed by atoms with Gasteiger partial charge in [-0.05, 0) is 54.4 Å². The Morgan fingerprint density at radius 2 is 2.06 bits per heavy atom. The molecule has 0 spiro atoms. The summed E-state index contributed by atoms with van der Waals surface area (Å²) < 4.78 is 13.7. The smallest absolute Gasteiger partial charge is 0.253 e. The molecule has 100 valence electrons. The fraction of sp³-hybridized carbons (Fsp3) is 0.417. The molecule has 4 nitrogen and oxygen atoms in total. The maximum absolute atomic E-state index is 13.4. The van der Waals surface area contributed by atoms with Gasteiger partial charge in [0.2, 0.25) is 0 Å². The first-order valence-corrected chi connectivity index (χ1v) is 6.15. The van der Waals surface area contributed by atoms with Crippen molar-refractivity contribution >= 4 is 27.5 Å². The number of benzene rings is 1. The summed E-state index contributed by atoms with van der Waals surface area (Å²) >= 11 is 3.07. The molecule has 6 heteroatoms. The number of carbonyl (C=O) groups excluding carboxylic acids is 1. The Kier molecular flexibility index (Phi) is 4.34. The molecule has 0 saturated heterocycles. The first kappa shape index (κ1) is 14.9. The highest BCUT2D eigenvalue weighted by Gasteiger charge is 2.23. The summed E-state index contributed by atoms with van der Waals surface area (Å²) in [7, 11) is 0. The summed E-state index contributed by atoms with van der Waals surface area (Å²) in [5.41, 5.74) is 5.05. The molecule has 1 amide bonds. The van der Waals surface area contributed by atoms with E-state index in [-0.39, 0.29) is 11.3 Å². The quantitative estimate of drug-likeness (QED) is 0.731. The minimum Gasteiger partial charge on any atom is -0.395 e. The van der Waals surface area contributed by atoms with E-state index in [1.807, 2.05) is 0 Å². The molecule has 1 aromatic rings. The Balaban J connectivity index is 2.97. The van der Waals surface area contributed by atoms with Crippen LogP contribution < -0.4 is 11.1 Å². The molecule has 1 atom stereocenters. The average molecular weight is 319 g/mol. The van der Waals surface area contributed by atoms with Crippen molar-refractivity contribution in [2.75, 3.05) is 5.73 Å². The van der Waals surface area contributed by atoms with Gasteiger partial charge >= 0.3 is 0 Å². The molecule has 18 heavy (non-hydrogen) atoms. The number of nitrogens with one attached hydrogen (secondary N) is 1. The number of amides is 1. The molecular weight excluding hydrogens is 303 g/mol. The molecule has 0 bridgehead atoms. The number of hydrogen-bond acceptors (Lipinski definition) is 3. The molecule has 0 aliphatic heterocycles. The monoisotopic (exact) mass is 318 g/mol. The average Bonchev–Trinajstić information content (AvgIpc) is 2.21. The van der Waals surface area contributed by atoms with E-state index in [2.05, 4.69) is 21.2 Å². The van der Waals surface area contributed by atoms with E-state index in [1.165, 1.54) is 6.07 Å². The van der Waals surface area contributed by atoms with Gasteiger partial charge in [0.15, 0.2) is 6.10 Å². The number of nitrogen functional groups attached to an aromatic ring is 1. The Morgan fingerprint density at radius 1 is 1.50 bits per heavy atom. The third-order valence-corrected chi connectivity index (χ3v) is 2.82. The predicted octanol–water partition coefficient (Wildman–Crippen LogP) is 2.12. The van der Waals surface area contributed by atoms with Gasteiger partial charge in [0, 0.05) is 10.0 Å². The van der Waals surface area contributed by atoms with E-state index in [0.717, 1.165) is 6.07 Å². The van der Waals surface area contributed by atoms with Gasteiger partial charge in [-0.2, -0.15) is 0 Å². The molecule has 0 radical (unpaired) electrons. The van der Waals surface area contributed by atoms with Crippen molar-refractivity contribution in [3.05, 3.63) is 28.0 Å². The predicted molar refractivity (Wildman–Crippen MR) is 71.4 cm³/mol.